The molecule has 0 fully saturated rings. The molecule has 0 atom stereocenters. The second kappa shape index (κ2) is 8.60. The van der Waals surface area contributed by atoms with Crippen molar-refractivity contribution < 1.29 is 19.1 Å². The van der Waals surface area contributed by atoms with Gasteiger partial charge < -0.3 is 9.47 Å². The van der Waals surface area contributed by atoms with Crippen molar-refractivity contribution >= 4 is 33.5 Å². The summed E-state index contributed by atoms with van der Waals surface area (Å²) in [5.41, 5.74) is 0.0975. The fourth-order valence-corrected chi connectivity index (χ4v) is 3.69. The van der Waals surface area contributed by atoms with Crippen molar-refractivity contribution in [3.63, 3.8) is 0 Å². The van der Waals surface area contributed by atoms with Gasteiger partial charge in [0.1, 0.15) is 11.5 Å². The summed E-state index contributed by atoms with van der Waals surface area (Å²) < 4.78 is 11.9. The molecule has 4 aromatic rings. The van der Waals surface area contributed by atoms with Crippen molar-refractivity contribution in [1.82, 2.24) is 0 Å². The Kier molecular flexibility index (Phi) is 5.94. The first kappa shape index (κ1) is 23.5. The molecule has 4 rings (SSSR count). The Morgan fingerprint density at radius 3 is 1.24 bits per heavy atom. The number of esters is 2. The lowest BCUT2D eigenvalue weighted by atomic mass is 9.91. The minimum absolute atomic E-state index is 0.336. The highest BCUT2D eigenvalue weighted by atomic mass is 16.5. The number of hydrogen-bond donors (Lipinski definition) is 0. The monoisotopic (exact) mass is 454 g/mol. The first-order chi connectivity index (χ1) is 16.0. The number of carbonyl (C=O) groups excluding carboxylic acids is 2. The first-order valence-corrected chi connectivity index (χ1v) is 11.5. The molecule has 0 aromatic heterocycles. The Morgan fingerprint density at radius 1 is 0.529 bits per heavy atom. The molecule has 0 saturated heterocycles. The molecular formula is C30H30O4. The van der Waals surface area contributed by atoms with Gasteiger partial charge in [-0.1, -0.05) is 60.7 Å². The van der Waals surface area contributed by atoms with Crippen molar-refractivity contribution in [3.05, 3.63) is 72.8 Å². The van der Waals surface area contributed by atoms with Crippen molar-refractivity contribution in [2.24, 2.45) is 10.8 Å². The number of benzene rings is 4. The zero-order valence-electron chi connectivity index (χ0n) is 20.6. The molecule has 0 unspecified atom stereocenters. The minimum atomic E-state index is -0.677. The van der Waals surface area contributed by atoms with Gasteiger partial charge in [0.15, 0.2) is 0 Å². The molecule has 4 nitrogen and oxygen atoms in total. The molecule has 174 valence electrons. The van der Waals surface area contributed by atoms with Crippen LogP contribution in [-0.2, 0) is 9.59 Å². The smallest absolute Gasteiger partial charge is 0.316 e. The van der Waals surface area contributed by atoms with E-state index in [4.69, 9.17) is 9.47 Å². The van der Waals surface area contributed by atoms with Crippen LogP contribution in [0.5, 0.6) is 11.5 Å². The zero-order chi connectivity index (χ0) is 24.7. The summed E-state index contributed by atoms with van der Waals surface area (Å²) in [7, 11) is 0. The van der Waals surface area contributed by atoms with Crippen LogP contribution in [0, 0.1) is 10.8 Å². The van der Waals surface area contributed by atoms with Crippen molar-refractivity contribution in [1.29, 1.82) is 0 Å². The molecule has 0 aliphatic heterocycles. The van der Waals surface area contributed by atoms with Crippen LogP contribution in [0.15, 0.2) is 72.8 Å². The predicted molar refractivity (Wildman–Crippen MR) is 137 cm³/mol. The van der Waals surface area contributed by atoms with E-state index in [0.29, 0.717) is 11.5 Å². The molecule has 4 heteroatoms. The van der Waals surface area contributed by atoms with Gasteiger partial charge in [0.05, 0.1) is 10.8 Å². The number of fused-ring (bicyclic) bond motifs is 2. The van der Waals surface area contributed by atoms with E-state index in [2.05, 4.69) is 0 Å². The average molecular weight is 455 g/mol. The zero-order valence-corrected chi connectivity index (χ0v) is 20.6. The van der Waals surface area contributed by atoms with E-state index in [1.54, 1.807) is 0 Å². The van der Waals surface area contributed by atoms with Gasteiger partial charge in [0.25, 0.3) is 0 Å². The molecule has 0 radical (unpaired) electrons. The quantitative estimate of drug-likeness (QED) is 0.237. The number of carbonyl (C=O) groups is 2. The van der Waals surface area contributed by atoms with E-state index in [-0.39, 0.29) is 11.9 Å². The Balaban J connectivity index is 2.06. The van der Waals surface area contributed by atoms with E-state index in [1.165, 1.54) is 0 Å². The van der Waals surface area contributed by atoms with Gasteiger partial charge in [-0.3, -0.25) is 9.59 Å². The van der Waals surface area contributed by atoms with Crippen LogP contribution < -0.4 is 9.47 Å². The maximum absolute atomic E-state index is 12.9. The fraction of sp³-hybridized carbons (Fsp3) is 0.267. The van der Waals surface area contributed by atoms with Crippen LogP contribution in [0.25, 0.3) is 32.7 Å². The largest absolute Gasteiger partial charge is 0.425 e. The summed E-state index contributed by atoms with van der Waals surface area (Å²) in [6.45, 7) is 10.9. The predicted octanol–water partition coefficient (Wildman–Crippen LogP) is 7.56. The lowest BCUT2D eigenvalue weighted by Gasteiger charge is -2.22. The molecule has 0 spiro atoms. The summed E-state index contributed by atoms with van der Waals surface area (Å²) in [6, 6.07) is 23.4. The first-order valence-electron chi connectivity index (χ1n) is 11.5. The SMILES string of the molecule is CC(C)(C)C(=O)Oc1ccc2ccccc2c1-c1c(OC(=O)C(C)(C)C)ccc2ccccc12. The van der Waals surface area contributed by atoms with Gasteiger partial charge in [-0.25, -0.2) is 0 Å². The fourth-order valence-electron chi connectivity index (χ4n) is 3.69. The van der Waals surface area contributed by atoms with Crippen molar-refractivity contribution in [2.45, 2.75) is 41.5 Å². The van der Waals surface area contributed by atoms with Gasteiger partial charge in [0, 0.05) is 11.1 Å². The van der Waals surface area contributed by atoms with Gasteiger partial charge in [-0.15, -0.1) is 0 Å². The Hall–Kier alpha value is -3.66. The van der Waals surface area contributed by atoms with Crippen LogP contribution in [0.4, 0.5) is 0 Å². The van der Waals surface area contributed by atoms with Crippen LogP contribution in [0.2, 0.25) is 0 Å². The van der Waals surface area contributed by atoms with Crippen LogP contribution >= 0.6 is 0 Å². The molecule has 0 aliphatic carbocycles. The van der Waals surface area contributed by atoms with Crippen LogP contribution in [-0.4, -0.2) is 11.9 Å². The van der Waals surface area contributed by atoms with E-state index in [9.17, 15) is 9.59 Å². The lowest BCUT2D eigenvalue weighted by Crippen LogP contribution is -2.26. The maximum Gasteiger partial charge on any atom is 0.316 e. The summed E-state index contributed by atoms with van der Waals surface area (Å²) >= 11 is 0. The maximum atomic E-state index is 12.9. The highest BCUT2D eigenvalue weighted by Gasteiger charge is 2.29. The molecule has 4 aromatic carbocycles. The summed E-state index contributed by atoms with van der Waals surface area (Å²) in [5.74, 6) is 0.195. The Labute approximate surface area is 200 Å². The average Bonchev–Trinajstić information content (AvgIpc) is 2.78. The van der Waals surface area contributed by atoms with Crippen LogP contribution in [0.3, 0.4) is 0 Å². The molecule has 0 N–H and O–H groups in total. The van der Waals surface area contributed by atoms with E-state index in [1.807, 2.05) is 114 Å². The molecular weight excluding hydrogens is 424 g/mol. The second-order valence-corrected chi connectivity index (χ2v) is 10.6. The highest BCUT2D eigenvalue weighted by molar-refractivity contribution is 6.10. The molecule has 34 heavy (non-hydrogen) atoms. The van der Waals surface area contributed by atoms with E-state index in [0.717, 1.165) is 32.7 Å². The van der Waals surface area contributed by atoms with Gasteiger partial charge >= 0.3 is 11.9 Å². The molecule has 0 heterocycles. The third kappa shape index (κ3) is 4.54. The Bertz CT molecular complexity index is 1290. The highest BCUT2D eigenvalue weighted by Crippen LogP contribution is 2.46. The van der Waals surface area contributed by atoms with Crippen molar-refractivity contribution in [2.75, 3.05) is 0 Å². The second-order valence-electron chi connectivity index (χ2n) is 10.6. The normalized spacial score (nSPS) is 12.1. The molecule has 0 bridgehead atoms. The standard InChI is InChI=1S/C30H30O4/c1-29(2,3)27(31)33-23-17-15-19-11-7-9-13-21(19)25(23)26-22-14-10-8-12-20(22)16-18-24(26)34-28(32)30(4,5)6/h7-18H,1-6H3. The van der Waals surface area contributed by atoms with Gasteiger partial charge in [0.2, 0.25) is 0 Å². The topological polar surface area (TPSA) is 52.6 Å². The summed E-state index contributed by atoms with van der Waals surface area (Å²) in [5, 5.41) is 3.81. The van der Waals surface area contributed by atoms with Gasteiger partial charge in [-0.05, 0) is 75.2 Å². The van der Waals surface area contributed by atoms with Gasteiger partial charge in [-0.2, -0.15) is 0 Å². The van der Waals surface area contributed by atoms with Crippen LogP contribution in [0.1, 0.15) is 41.5 Å². The minimum Gasteiger partial charge on any atom is -0.425 e. The summed E-state index contributed by atoms with van der Waals surface area (Å²) in [6.07, 6.45) is 0. The molecule has 0 aliphatic rings. The van der Waals surface area contributed by atoms with Crippen molar-refractivity contribution in [3.8, 4) is 22.6 Å². The number of hydrogen-bond acceptors (Lipinski definition) is 4. The Morgan fingerprint density at radius 2 is 0.882 bits per heavy atom. The number of ether oxygens (including phenoxy) is 2. The number of rotatable bonds is 3. The van der Waals surface area contributed by atoms with E-state index >= 15 is 0 Å². The summed E-state index contributed by atoms with van der Waals surface area (Å²) in [4.78, 5) is 25.8. The third-order valence-corrected chi connectivity index (χ3v) is 5.66. The third-order valence-electron chi connectivity index (χ3n) is 5.66. The molecule has 0 amide bonds. The molecule has 0 saturated carbocycles. The lowest BCUT2D eigenvalue weighted by molar-refractivity contribution is -0.143. The van der Waals surface area contributed by atoms with E-state index < -0.39 is 10.8 Å².